The van der Waals surface area contributed by atoms with Gasteiger partial charge in [0.2, 0.25) is 0 Å². The van der Waals surface area contributed by atoms with E-state index in [-0.39, 0.29) is 0 Å². The molecule has 0 amide bonds. The molecule has 1 aliphatic rings. The van der Waals surface area contributed by atoms with E-state index >= 15 is 13.7 Å². The van der Waals surface area contributed by atoms with Crippen molar-refractivity contribution in [2.24, 2.45) is 5.10 Å². The fraction of sp³-hybridized carbons (Fsp3) is 0. The minimum Gasteiger partial charge on any atom is -0.309 e. The number of allylic oxidation sites excluding steroid dienone is 1. The zero-order chi connectivity index (χ0) is 45.0. The molecule has 1 aliphatic heterocycles. The Balaban J connectivity index is 1.14. The van der Waals surface area contributed by atoms with Crippen molar-refractivity contribution < 1.29 is 13.7 Å². The average molecular weight is 912 g/mol. The quantitative estimate of drug-likeness (QED) is 0.124. The Kier molecular flexibility index (Phi) is 11.8. The summed E-state index contributed by atoms with van der Waals surface area (Å²) in [4.78, 5) is 0. The average Bonchev–Trinajstić information content (AvgIpc) is 3.41. The predicted octanol–water partition coefficient (Wildman–Crippen LogP) is 9.37. The van der Waals surface area contributed by atoms with E-state index in [1.807, 2.05) is 261 Å². The predicted molar refractivity (Wildman–Crippen MR) is 278 cm³/mol. The normalized spacial score (nSPS) is 13.0. The molecule has 0 spiro atoms. The summed E-state index contributed by atoms with van der Waals surface area (Å²) in [6, 6.07) is 81.1. The van der Waals surface area contributed by atoms with Gasteiger partial charge >= 0.3 is 0 Å². The smallest absolute Gasteiger partial charge is 0.171 e. The lowest BCUT2D eigenvalue weighted by Gasteiger charge is -2.29. The summed E-state index contributed by atoms with van der Waals surface area (Å²) in [7, 11) is -10.0. The highest BCUT2D eigenvalue weighted by Gasteiger charge is 2.33. The van der Waals surface area contributed by atoms with Crippen LogP contribution >= 0.6 is 21.4 Å². The van der Waals surface area contributed by atoms with Crippen LogP contribution in [0.15, 0.2) is 266 Å². The maximum Gasteiger partial charge on any atom is 0.171 e. The lowest BCUT2D eigenvalue weighted by Crippen LogP contribution is -2.37. The summed E-state index contributed by atoms with van der Waals surface area (Å²) in [5.74, 6) is 0. The molecule has 320 valence electrons. The van der Waals surface area contributed by atoms with Crippen LogP contribution in [0.4, 0.5) is 5.69 Å². The molecule has 10 rings (SSSR count). The van der Waals surface area contributed by atoms with Gasteiger partial charge in [0.05, 0.1) is 17.1 Å². The number of rotatable bonds is 12. The Morgan fingerprint density at radius 1 is 0.318 bits per heavy atom. The molecule has 0 unspecified atom stereocenters. The monoisotopic (exact) mass is 911 g/mol. The molecule has 6 nitrogen and oxygen atoms in total. The zero-order valence-corrected chi connectivity index (χ0v) is 38.5. The highest BCUT2D eigenvalue weighted by Crippen LogP contribution is 2.45. The molecule has 0 bridgehead atoms. The van der Waals surface area contributed by atoms with Crippen LogP contribution in [0.1, 0.15) is 11.1 Å². The summed E-state index contributed by atoms with van der Waals surface area (Å²) < 4.78 is 46.9. The van der Waals surface area contributed by atoms with Crippen LogP contribution in [0.25, 0.3) is 5.70 Å². The van der Waals surface area contributed by atoms with E-state index in [2.05, 4.69) is 5.43 Å². The number of anilines is 1. The van der Waals surface area contributed by atoms with E-state index in [4.69, 9.17) is 5.10 Å². The van der Waals surface area contributed by atoms with E-state index in [0.717, 1.165) is 43.0 Å². The standard InChI is InChI=1S/C57H44N3O3P3/c61-64(47-25-7-1-8-26-47,48-27-9-2-10-28-48)53-37-19-22-44(40-53)56-43-57(45-23-20-38-54(41-45)65(62,49-29-11-3-12-30-49)50-31-13-4-14-32-50)59-60(58-56)46-24-21-39-55(42-46)66(63,51-33-15-5-16-34-51)52-35-17-6-18-36-52/h1-43,58H. The van der Waals surface area contributed by atoms with Crippen LogP contribution in [0, 0.1) is 0 Å². The van der Waals surface area contributed by atoms with Crippen molar-refractivity contribution in [1.82, 2.24) is 5.43 Å². The van der Waals surface area contributed by atoms with Crippen molar-refractivity contribution in [3.8, 4) is 0 Å². The lowest BCUT2D eigenvalue weighted by molar-refractivity contribution is 0.591. The van der Waals surface area contributed by atoms with Gasteiger partial charge in [-0.05, 0) is 30.3 Å². The molecule has 66 heavy (non-hydrogen) atoms. The lowest BCUT2D eigenvalue weighted by atomic mass is 10.1. The van der Waals surface area contributed by atoms with Crippen LogP contribution in [-0.4, -0.2) is 5.71 Å². The number of nitrogens with zero attached hydrogens (tertiary/aromatic N) is 2. The van der Waals surface area contributed by atoms with Crippen molar-refractivity contribution in [3.63, 3.8) is 0 Å². The first-order valence-electron chi connectivity index (χ1n) is 21.7. The molecule has 0 aromatic heterocycles. The first-order chi connectivity index (χ1) is 32.3. The van der Waals surface area contributed by atoms with Gasteiger partial charge in [0.1, 0.15) is 0 Å². The number of hydrazine groups is 1. The van der Waals surface area contributed by atoms with Gasteiger partial charge in [-0.15, -0.1) is 0 Å². The highest BCUT2D eigenvalue weighted by atomic mass is 31.2. The molecule has 9 heteroatoms. The maximum absolute atomic E-state index is 15.6. The second kappa shape index (κ2) is 18.3. The number of benzene rings is 9. The van der Waals surface area contributed by atoms with Crippen LogP contribution in [0.3, 0.4) is 0 Å². The van der Waals surface area contributed by atoms with Gasteiger partial charge in [-0.1, -0.05) is 231 Å². The van der Waals surface area contributed by atoms with Gasteiger partial charge in [0, 0.05) is 58.9 Å². The van der Waals surface area contributed by atoms with Gasteiger partial charge in [-0.2, -0.15) is 10.2 Å². The fourth-order valence-corrected chi connectivity index (χ4v) is 16.7. The summed E-state index contributed by atoms with van der Waals surface area (Å²) in [5, 5.41) is 13.3. The van der Waals surface area contributed by atoms with Crippen LogP contribution in [0.2, 0.25) is 0 Å². The maximum atomic E-state index is 15.6. The molecular weight excluding hydrogens is 868 g/mol. The Hall–Kier alpha value is -7.32. The molecule has 1 N–H and O–H groups in total. The second-order valence-corrected chi connectivity index (χ2v) is 24.2. The Bertz CT molecular complexity index is 3240. The molecule has 0 saturated carbocycles. The van der Waals surface area contributed by atoms with Crippen molar-refractivity contribution >= 4 is 86.3 Å². The Morgan fingerprint density at radius 2 is 0.621 bits per heavy atom. The van der Waals surface area contributed by atoms with Gasteiger partial charge in [-0.25, -0.2) is 0 Å². The molecule has 0 atom stereocenters. The van der Waals surface area contributed by atoms with Gasteiger partial charge in [0.15, 0.2) is 21.4 Å². The van der Waals surface area contributed by atoms with Gasteiger partial charge in [-0.3, -0.25) is 5.43 Å². The largest absolute Gasteiger partial charge is 0.309 e. The number of hydrazone groups is 1. The van der Waals surface area contributed by atoms with E-state index < -0.39 is 21.4 Å². The molecule has 0 aliphatic carbocycles. The van der Waals surface area contributed by atoms with Crippen molar-refractivity contribution in [3.05, 3.63) is 272 Å². The molecule has 9 aromatic carbocycles. The molecular formula is C57H44N3O3P3. The van der Waals surface area contributed by atoms with Gasteiger partial charge < -0.3 is 13.7 Å². The molecule has 1 heterocycles. The van der Waals surface area contributed by atoms with Crippen molar-refractivity contribution in [2.75, 3.05) is 5.12 Å². The summed E-state index contributed by atoms with van der Waals surface area (Å²) in [6.45, 7) is 0. The highest BCUT2D eigenvalue weighted by molar-refractivity contribution is 7.86. The van der Waals surface area contributed by atoms with Gasteiger partial charge in [0.25, 0.3) is 0 Å². The Labute approximate surface area is 385 Å². The first-order valence-corrected chi connectivity index (χ1v) is 26.8. The molecule has 0 saturated heterocycles. The van der Waals surface area contributed by atoms with Crippen LogP contribution in [-0.2, 0) is 13.7 Å². The number of hydrogen-bond acceptors (Lipinski definition) is 6. The van der Waals surface area contributed by atoms with E-state index in [1.165, 1.54) is 0 Å². The topological polar surface area (TPSA) is 78.8 Å². The summed E-state index contributed by atoms with van der Waals surface area (Å²) >= 11 is 0. The second-order valence-electron chi connectivity index (χ2n) is 15.9. The van der Waals surface area contributed by atoms with Crippen LogP contribution < -0.4 is 58.3 Å². The number of hydrogen-bond donors (Lipinski definition) is 1. The minimum absolute atomic E-state index is 0.595. The molecule has 0 fully saturated rings. The molecule has 9 aromatic rings. The van der Waals surface area contributed by atoms with Crippen molar-refractivity contribution in [1.29, 1.82) is 0 Å². The minimum atomic E-state index is -3.35. The van der Waals surface area contributed by atoms with Crippen LogP contribution in [0.5, 0.6) is 0 Å². The van der Waals surface area contributed by atoms with E-state index in [9.17, 15) is 0 Å². The first kappa shape index (κ1) is 42.6. The van der Waals surface area contributed by atoms with Crippen molar-refractivity contribution in [2.45, 2.75) is 0 Å². The molecule has 0 radical (unpaired) electrons. The zero-order valence-electron chi connectivity index (χ0n) is 35.8. The summed E-state index contributed by atoms with van der Waals surface area (Å²) in [6.07, 6.45) is 1.98. The van der Waals surface area contributed by atoms with E-state index in [1.54, 1.807) is 5.12 Å². The summed E-state index contributed by atoms with van der Waals surface area (Å²) in [5.41, 5.74) is 7.03. The third-order valence-electron chi connectivity index (χ3n) is 11.9. The third-order valence-corrected chi connectivity index (χ3v) is 21.1. The SMILES string of the molecule is O=P(c1ccccc1)(c1ccccc1)c1cccc(C2=CC(c3cccc(P(=O)(c4ccccc4)c4ccccc4)c3)=NN(c3cccc(P(=O)(c4ccccc4)c4ccccc4)c3)N2)c1. The van der Waals surface area contributed by atoms with E-state index in [0.29, 0.717) is 33.0 Å². The number of nitrogens with one attached hydrogen (secondary N) is 1. The Morgan fingerprint density at radius 3 is 1.00 bits per heavy atom. The third kappa shape index (κ3) is 7.95. The fourth-order valence-electron chi connectivity index (χ4n) is 8.58.